The Morgan fingerprint density at radius 2 is 2.19 bits per heavy atom. The predicted molar refractivity (Wildman–Crippen MR) is 83.5 cm³/mol. The van der Waals surface area contributed by atoms with E-state index in [1.165, 1.54) is 0 Å². The number of hydrogen-bond acceptors (Lipinski definition) is 2. The molecule has 0 atom stereocenters. The molecule has 0 bridgehead atoms. The Bertz CT molecular complexity index is 785. The molecule has 2 aromatic heterocycles. The number of aryl methyl sites for hydroxylation is 1. The molecule has 21 heavy (non-hydrogen) atoms. The van der Waals surface area contributed by atoms with Crippen molar-refractivity contribution in [3.05, 3.63) is 47.9 Å². The Hall–Kier alpha value is -2.56. The van der Waals surface area contributed by atoms with E-state index in [0.717, 1.165) is 35.2 Å². The lowest BCUT2D eigenvalue weighted by Crippen LogP contribution is -2.13. The normalized spacial score (nSPS) is 11.0. The summed E-state index contributed by atoms with van der Waals surface area (Å²) in [5.74, 6) is -0.125. The highest BCUT2D eigenvalue weighted by molar-refractivity contribution is 6.09. The maximum atomic E-state index is 12.4. The third kappa shape index (κ3) is 2.42. The van der Waals surface area contributed by atoms with Gasteiger partial charge in [0.25, 0.3) is 5.91 Å². The molecule has 0 spiro atoms. The zero-order valence-corrected chi connectivity index (χ0v) is 12.2. The maximum absolute atomic E-state index is 12.4. The fourth-order valence-electron chi connectivity index (χ4n) is 2.47. The number of aromatic nitrogens is 3. The number of anilines is 1. The molecule has 0 saturated heterocycles. The number of nitrogens with one attached hydrogen (secondary N) is 2. The van der Waals surface area contributed by atoms with Crippen LogP contribution in [0.1, 0.15) is 29.4 Å². The topological polar surface area (TPSA) is 62.7 Å². The Kier molecular flexibility index (Phi) is 3.48. The molecule has 0 fully saturated rings. The summed E-state index contributed by atoms with van der Waals surface area (Å²) in [4.78, 5) is 15.6. The average Bonchev–Trinajstić information content (AvgIpc) is 3.05. The van der Waals surface area contributed by atoms with Crippen molar-refractivity contribution in [2.24, 2.45) is 0 Å². The molecule has 1 amide bonds. The minimum Gasteiger partial charge on any atom is -0.359 e. The fraction of sp³-hybridized carbons (Fsp3) is 0.250. The number of aromatic amines is 1. The number of para-hydroxylation sites is 1. The molecular weight excluding hydrogens is 264 g/mol. The number of nitrogens with zero attached hydrogens (tertiary/aromatic N) is 2. The molecule has 5 nitrogen and oxygen atoms in total. The highest BCUT2D eigenvalue weighted by atomic mass is 16.1. The van der Waals surface area contributed by atoms with E-state index in [4.69, 9.17) is 0 Å². The van der Waals surface area contributed by atoms with Gasteiger partial charge >= 0.3 is 0 Å². The minimum atomic E-state index is -0.125. The Morgan fingerprint density at radius 1 is 1.38 bits per heavy atom. The third-order valence-electron chi connectivity index (χ3n) is 3.62. The molecule has 3 aromatic rings. The van der Waals surface area contributed by atoms with Crippen LogP contribution >= 0.6 is 0 Å². The molecule has 0 aliphatic carbocycles. The lowest BCUT2D eigenvalue weighted by Gasteiger charge is -2.05. The van der Waals surface area contributed by atoms with E-state index in [0.29, 0.717) is 5.56 Å². The van der Waals surface area contributed by atoms with Crippen molar-refractivity contribution in [3.63, 3.8) is 0 Å². The number of amides is 1. The molecule has 2 heterocycles. The summed E-state index contributed by atoms with van der Waals surface area (Å²) in [5.41, 5.74) is 3.31. The second-order valence-electron chi connectivity index (χ2n) is 5.07. The molecule has 0 unspecified atom stereocenters. The monoisotopic (exact) mass is 282 g/mol. The Labute approximate surface area is 123 Å². The van der Waals surface area contributed by atoms with Gasteiger partial charge in [-0.1, -0.05) is 25.1 Å². The van der Waals surface area contributed by atoms with Gasteiger partial charge in [-0.15, -0.1) is 0 Å². The number of carbonyl (C=O) groups excluding carboxylic acids is 1. The van der Waals surface area contributed by atoms with Gasteiger partial charge in [-0.25, -0.2) is 0 Å². The second-order valence-corrected chi connectivity index (χ2v) is 5.07. The van der Waals surface area contributed by atoms with Crippen molar-refractivity contribution >= 4 is 22.5 Å². The van der Waals surface area contributed by atoms with Gasteiger partial charge in [-0.3, -0.25) is 9.48 Å². The van der Waals surface area contributed by atoms with Crippen LogP contribution in [0.4, 0.5) is 5.69 Å². The molecule has 2 N–H and O–H groups in total. The van der Waals surface area contributed by atoms with Crippen LogP contribution in [0.25, 0.3) is 10.9 Å². The SMILES string of the molecule is CCCn1ncc(C(=O)Nc2c[nH]c3ccccc23)c1C. The van der Waals surface area contributed by atoms with Gasteiger partial charge in [-0.2, -0.15) is 5.10 Å². The summed E-state index contributed by atoms with van der Waals surface area (Å²) >= 11 is 0. The van der Waals surface area contributed by atoms with Crippen LogP contribution in [0.15, 0.2) is 36.7 Å². The quantitative estimate of drug-likeness (QED) is 0.771. The van der Waals surface area contributed by atoms with E-state index in [1.807, 2.05) is 42.1 Å². The van der Waals surface area contributed by atoms with Gasteiger partial charge in [0.2, 0.25) is 0 Å². The van der Waals surface area contributed by atoms with Gasteiger partial charge in [-0.05, 0) is 19.4 Å². The molecule has 0 radical (unpaired) electrons. The maximum Gasteiger partial charge on any atom is 0.259 e. The van der Waals surface area contributed by atoms with Crippen LogP contribution in [0.2, 0.25) is 0 Å². The summed E-state index contributed by atoms with van der Waals surface area (Å²) in [7, 11) is 0. The van der Waals surface area contributed by atoms with Gasteiger partial charge < -0.3 is 10.3 Å². The van der Waals surface area contributed by atoms with Crippen LogP contribution in [0, 0.1) is 6.92 Å². The van der Waals surface area contributed by atoms with Crippen LogP contribution in [-0.2, 0) is 6.54 Å². The summed E-state index contributed by atoms with van der Waals surface area (Å²) in [6.07, 6.45) is 4.44. The van der Waals surface area contributed by atoms with Crippen LogP contribution in [0.5, 0.6) is 0 Å². The zero-order valence-electron chi connectivity index (χ0n) is 12.2. The number of rotatable bonds is 4. The van der Waals surface area contributed by atoms with Crippen molar-refractivity contribution in [3.8, 4) is 0 Å². The predicted octanol–water partition coefficient (Wildman–Crippen LogP) is 3.34. The first kappa shape index (κ1) is 13.4. The van der Waals surface area contributed by atoms with Crippen molar-refractivity contribution in [1.82, 2.24) is 14.8 Å². The average molecular weight is 282 g/mol. The van der Waals surface area contributed by atoms with Gasteiger partial charge in [0.15, 0.2) is 0 Å². The zero-order chi connectivity index (χ0) is 14.8. The Balaban J connectivity index is 1.86. The first-order valence-electron chi connectivity index (χ1n) is 7.10. The molecule has 5 heteroatoms. The molecule has 0 aliphatic rings. The fourth-order valence-corrected chi connectivity index (χ4v) is 2.47. The second kappa shape index (κ2) is 5.44. The number of hydrogen-bond donors (Lipinski definition) is 2. The van der Waals surface area contributed by atoms with Crippen molar-refractivity contribution < 1.29 is 4.79 Å². The largest absolute Gasteiger partial charge is 0.359 e. The number of H-pyrrole nitrogens is 1. The van der Waals surface area contributed by atoms with Crippen LogP contribution in [0.3, 0.4) is 0 Å². The number of benzene rings is 1. The third-order valence-corrected chi connectivity index (χ3v) is 3.62. The molecule has 0 aliphatic heterocycles. The summed E-state index contributed by atoms with van der Waals surface area (Å²) < 4.78 is 1.87. The van der Waals surface area contributed by atoms with Crippen molar-refractivity contribution in [1.29, 1.82) is 0 Å². The van der Waals surface area contributed by atoms with E-state index in [9.17, 15) is 4.79 Å². The highest BCUT2D eigenvalue weighted by Crippen LogP contribution is 2.23. The van der Waals surface area contributed by atoms with Crippen molar-refractivity contribution in [2.45, 2.75) is 26.8 Å². The standard InChI is InChI=1S/C16H18N4O/c1-3-8-20-11(2)13(9-18-20)16(21)19-15-10-17-14-7-5-4-6-12(14)15/h4-7,9-10,17H,3,8H2,1-2H3,(H,19,21). The molecule has 3 rings (SSSR count). The van der Waals surface area contributed by atoms with E-state index < -0.39 is 0 Å². The van der Waals surface area contributed by atoms with Crippen molar-refractivity contribution in [2.75, 3.05) is 5.32 Å². The van der Waals surface area contributed by atoms with E-state index in [1.54, 1.807) is 6.20 Å². The highest BCUT2D eigenvalue weighted by Gasteiger charge is 2.15. The first-order chi connectivity index (χ1) is 10.2. The lowest BCUT2D eigenvalue weighted by atomic mass is 10.2. The minimum absolute atomic E-state index is 0.125. The van der Waals surface area contributed by atoms with Gasteiger partial charge in [0, 0.05) is 29.3 Å². The summed E-state index contributed by atoms with van der Waals surface area (Å²) in [5, 5.41) is 8.22. The number of carbonyl (C=O) groups is 1. The summed E-state index contributed by atoms with van der Waals surface area (Å²) in [6, 6.07) is 7.88. The van der Waals surface area contributed by atoms with Gasteiger partial charge in [0.05, 0.1) is 17.4 Å². The Morgan fingerprint density at radius 3 is 3.00 bits per heavy atom. The van der Waals surface area contributed by atoms with E-state index in [-0.39, 0.29) is 5.91 Å². The molecular formula is C16H18N4O. The molecule has 0 saturated carbocycles. The lowest BCUT2D eigenvalue weighted by molar-refractivity contribution is 0.102. The molecule has 108 valence electrons. The van der Waals surface area contributed by atoms with Crippen LogP contribution < -0.4 is 5.32 Å². The summed E-state index contributed by atoms with van der Waals surface area (Å²) in [6.45, 7) is 4.84. The smallest absolute Gasteiger partial charge is 0.259 e. The van der Waals surface area contributed by atoms with Gasteiger partial charge in [0.1, 0.15) is 0 Å². The van der Waals surface area contributed by atoms with E-state index in [2.05, 4.69) is 22.3 Å². The number of fused-ring (bicyclic) bond motifs is 1. The van der Waals surface area contributed by atoms with E-state index >= 15 is 0 Å². The first-order valence-corrected chi connectivity index (χ1v) is 7.10. The molecule has 1 aromatic carbocycles. The van der Waals surface area contributed by atoms with Crippen LogP contribution in [-0.4, -0.2) is 20.7 Å².